The lowest BCUT2D eigenvalue weighted by molar-refractivity contribution is 0.270. The third-order valence-electron chi connectivity index (χ3n) is 0.347. The van der Waals surface area contributed by atoms with Crippen LogP contribution in [0.15, 0.2) is 0 Å². The van der Waals surface area contributed by atoms with E-state index in [1.165, 1.54) is 7.11 Å². The van der Waals surface area contributed by atoms with Gasteiger partial charge in [0.15, 0.2) is 0 Å². The van der Waals surface area contributed by atoms with E-state index in [1.807, 2.05) is 0 Å². The largest absolute Gasteiger partial charge is 0.305 e. The topological polar surface area (TPSA) is 35.5 Å². The molecule has 0 rings (SSSR count). The minimum Gasteiger partial charge on any atom is -0.272 e. The monoisotopic (exact) mass is 158 g/mol. The van der Waals surface area contributed by atoms with Crippen molar-refractivity contribution in [2.45, 2.75) is 12.5 Å². The Bertz CT molecular complexity index is 84.6. The summed E-state index contributed by atoms with van der Waals surface area (Å²) in [5, 5.41) is 0. The van der Waals surface area contributed by atoms with Gasteiger partial charge in [0.2, 0.25) is 0 Å². The van der Waals surface area contributed by atoms with Gasteiger partial charge in [0.25, 0.3) is 0 Å². The maximum absolute atomic E-state index is 10.2. The van der Waals surface area contributed by atoms with E-state index in [1.54, 1.807) is 6.92 Å². The fourth-order valence-corrected chi connectivity index (χ4v) is 0.621. The van der Waals surface area contributed by atoms with Crippen molar-refractivity contribution in [3.63, 3.8) is 0 Å². The number of alkyl halides is 1. The molecule has 0 spiro atoms. The molecule has 5 heteroatoms. The van der Waals surface area contributed by atoms with Crippen LogP contribution in [0, 0.1) is 0 Å². The van der Waals surface area contributed by atoms with Crippen molar-refractivity contribution in [3.05, 3.63) is 0 Å². The molecule has 2 unspecified atom stereocenters. The SMILES string of the molecule is COS(=O)OC(C)Cl. The van der Waals surface area contributed by atoms with Gasteiger partial charge >= 0.3 is 11.4 Å². The van der Waals surface area contributed by atoms with Crippen molar-refractivity contribution in [2.75, 3.05) is 7.11 Å². The van der Waals surface area contributed by atoms with Gasteiger partial charge in [0.05, 0.1) is 7.11 Å². The number of rotatable bonds is 3. The smallest absolute Gasteiger partial charge is 0.272 e. The Balaban J connectivity index is 3.25. The summed E-state index contributed by atoms with van der Waals surface area (Å²) in [7, 11) is 1.27. The van der Waals surface area contributed by atoms with Crippen LogP contribution in [0.5, 0.6) is 0 Å². The molecule has 50 valence electrons. The standard InChI is InChI=1S/C3H7ClO3S/c1-3(4)7-8(5)6-2/h3H,1-2H3. The molecule has 8 heavy (non-hydrogen) atoms. The fraction of sp³-hybridized carbons (Fsp3) is 1.00. The lowest BCUT2D eigenvalue weighted by Crippen LogP contribution is -2.03. The second-order valence-electron chi connectivity index (χ2n) is 1.01. The highest BCUT2D eigenvalue weighted by Crippen LogP contribution is 1.98. The summed E-state index contributed by atoms with van der Waals surface area (Å²) < 4.78 is 18.8. The molecular weight excluding hydrogens is 152 g/mol. The zero-order valence-electron chi connectivity index (χ0n) is 4.59. The molecule has 0 saturated carbocycles. The molecule has 0 saturated heterocycles. The summed E-state index contributed by atoms with van der Waals surface area (Å²) in [6.07, 6.45) is 0. The van der Waals surface area contributed by atoms with Crippen molar-refractivity contribution >= 4 is 23.0 Å². The Morgan fingerprint density at radius 1 is 1.75 bits per heavy atom. The molecule has 0 aromatic heterocycles. The van der Waals surface area contributed by atoms with Crippen molar-refractivity contribution in [1.82, 2.24) is 0 Å². The summed E-state index contributed by atoms with van der Waals surface area (Å²) in [5.74, 6) is 0. The molecular formula is C3H7ClO3S. The van der Waals surface area contributed by atoms with Gasteiger partial charge < -0.3 is 0 Å². The van der Waals surface area contributed by atoms with Gasteiger partial charge in [-0.2, -0.15) is 4.21 Å². The van der Waals surface area contributed by atoms with Crippen LogP contribution in [-0.4, -0.2) is 16.9 Å². The van der Waals surface area contributed by atoms with E-state index in [0.29, 0.717) is 0 Å². The molecule has 2 atom stereocenters. The first kappa shape index (κ1) is 8.36. The molecule has 0 aromatic rings. The van der Waals surface area contributed by atoms with Crippen molar-refractivity contribution < 1.29 is 12.6 Å². The number of halogens is 1. The Morgan fingerprint density at radius 3 is 2.38 bits per heavy atom. The van der Waals surface area contributed by atoms with Gasteiger partial charge in [-0.25, -0.2) is 4.18 Å². The fourth-order valence-electron chi connectivity index (χ4n) is 0.148. The second-order valence-corrected chi connectivity index (χ2v) is 2.56. The Morgan fingerprint density at radius 2 is 2.25 bits per heavy atom. The zero-order chi connectivity index (χ0) is 6.57. The first-order chi connectivity index (χ1) is 3.66. The molecule has 0 aromatic carbocycles. The first-order valence-electron chi connectivity index (χ1n) is 1.94. The average molecular weight is 159 g/mol. The minimum atomic E-state index is -1.69. The van der Waals surface area contributed by atoms with Crippen LogP contribution in [-0.2, 0) is 19.7 Å². The van der Waals surface area contributed by atoms with E-state index in [0.717, 1.165) is 0 Å². The maximum Gasteiger partial charge on any atom is 0.305 e. The van der Waals surface area contributed by atoms with Crippen LogP contribution in [0.4, 0.5) is 0 Å². The average Bonchev–Trinajstić information content (AvgIpc) is 1.65. The van der Waals surface area contributed by atoms with Crippen LogP contribution in [0.2, 0.25) is 0 Å². The molecule has 0 fully saturated rings. The molecule has 0 N–H and O–H groups in total. The highest BCUT2D eigenvalue weighted by atomic mass is 35.5. The van der Waals surface area contributed by atoms with E-state index in [9.17, 15) is 4.21 Å². The van der Waals surface area contributed by atoms with Gasteiger partial charge in [-0.3, -0.25) is 4.18 Å². The summed E-state index contributed by atoms with van der Waals surface area (Å²) in [4.78, 5) is 0. The molecule has 0 radical (unpaired) electrons. The maximum atomic E-state index is 10.2. The van der Waals surface area contributed by atoms with Gasteiger partial charge in [-0.1, -0.05) is 11.6 Å². The predicted octanol–water partition coefficient (Wildman–Crippen LogP) is 0.813. The van der Waals surface area contributed by atoms with Crippen molar-refractivity contribution in [2.24, 2.45) is 0 Å². The summed E-state index contributed by atoms with van der Waals surface area (Å²) in [5.41, 5.74) is -0.573. The Labute approximate surface area is 55.8 Å². The van der Waals surface area contributed by atoms with Gasteiger partial charge in [0, 0.05) is 0 Å². The second kappa shape index (κ2) is 4.26. The molecule has 0 amide bonds. The quantitative estimate of drug-likeness (QED) is 0.571. The van der Waals surface area contributed by atoms with E-state index < -0.39 is 16.9 Å². The summed E-state index contributed by atoms with van der Waals surface area (Å²) >= 11 is 3.57. The lowest BCUT2D eigenvalue weighted by Gasteiger charge is -1.99. The van der Waals surface area contributed by atoms with Gasteiger partial charge in [-0.15, -0.1) is 0 Å². The normalized spacial score (nSPS) is 17.9. The van der Waals surface area contributed by atoms with Crippen LogP contribution >= 0.6 is 11.6 Å². The zero-order valence-corrected chi connectivity index (χ0v) is 6.16. The minimum absolute atomic E-state index is 0.573. The highest BCUT2D eigenvalue weighted by molar-refractivity contribution is 7.75. The molecule has 0 aliphatic carbocycles. The Kier molecular flexibility index (Phi) is 4.45. The summed E-state index contributed by atoms with van der Waals surface area (Å²) in [6.45, 7) is 1.55. The van der Waals surface area contributed by atoms with E-state index in [-0.39, 0.29) is 0 Å². The van der Waals surface area contributed by atoms with Crippen LogP contribution in [0.25, 0.3) is 0 Å². The molecule has 0 aliphatic rings. The molecule has 0 bridgehead atoms. The van der Waals surface area contributed by atoms with Crippen molar-refractivity contribution in [1.29, 1.82) is 0 Å². The van der Waals surface area contributed by atoms with Crippen molar-refractivity contribution in [3.8, 4) is 0 Å². The molecule has 3 nitrogen and oxygen atoms in total. The number of hydrogen-bond donors (Lipinski definition) is 0. The van der Waals surface area contributed by atoms with E-state index >= 15 is 0 Å². The Hall–Kier alpha value is 0.360. The van der Waals surface area contributed by atoms with E-state index in [4.69, 9.17) is 11.6 Å². The van der Waals surface area contributed by atoms with Crippen LogP contribution < -0.4 is 0 Å². The number of hydrogen-bond acceptors (Lipinski definition) is 3. The lowest BCUT2D eigenvalue weighted by atomic mass is 10.9. The third kappa shape index (κ3) is 4.52. The van der Waals surface area contributed by atoms with E-state index in [2.05, 4.69) is 8.37 Å². The van der Waals surface area contributed by atoms with Crippen LogP contribution in [0.1, 0.15) is 6.92 Å². The molecule has 0 heterocycles. The molecule has 0 aliphatic heterocycles. The van der Waals surface area contributed by atoms with Gasteiger partial charge in [0.1, 0.15) is 5.56 Å². The van der Waals surface area contributed by atoms with Crippen LogP contribution in [0.3, 0.4) is 0 Å². The third-order valence-corrected chi connectivity index (χ3v) is 1.26. The van der Waals surface area contributed by atoms with Gasteiger partial charge in [-0.05, 0) is 6.92 Å². The highest BCUT2D eigenvalue weighted by Gasteiger charge is 2.00. The predicted molar refractivity (Wildman–Crippen MR) is 31.6 cm³/mol. The summed E-state index contributed by atoms with van der Waals surface area (Å²) in [6, 6.07) is 0. The first-order valence-corrected chi connectivity index (χ1v) is 3.38.